The molecular formula is C9H10F2O. The first-order valence-electron chi connectivity index (χ1n) is 3.62. The molecule has 0 radical (unpaired) electrons. The molecule has 66 valence electrons. The summed E-state index contributed by atoms with van der Waals surface area (Å²) < 4.78 is 25.7. The van der Waals surface area contributed by atoms with E-state index in [-0.39, 0.29) is 5.56 Å². The number of alkyl halides is 1. The van der Waals surface area contributed by atoms with Crippen LogP contribution in [0.5, 0.6) is 0 Å². The van der Waals surface area contributed by atoms with Crippen molar-refractivity contribution in [1.29, 1.82) is 0 Å². The van der Waals surface area contributed by atoms with E-state index in [1.807, 2.05) is 0 Å². The summed E-state index contributed by atoms with van der Waals surface area (Å²) in [5.74, 6) is -0.410. The highest BCUT2D eigenvalue weighted by molar-refractivity contribution is 5.22. The van der Waals surface area contributed by atoms with Crippen LogP contribution in [0, 0.1) is 5.82 Å². The average Bonchev–Trinajstić information content (AvgIpc) is 2.05. The lowest BCUT2D eigenvalue weighted by Gasteiger charge is -2.17. The second-order valence-electron chi connectivity index (χ2n) is 2.86. The fourth-order valence-corrected chi connectivity index (χ4v) is 0.889. The summed E-state index contributed by atoms with van der Waals surface area (Å²) in [6.07, 6.45) is 0. The fourth-order valence-electron chi connectivity index (χ4n) is 0.889. The van der Waals surface area contributed by atoms with E-state index >= 15 is 0 Å². The lowest BCUT2D eigenvalue weighted by molar-refractivity contribution is 0.0867. The Bertz CT molecular complexity index is 254. The number of hydrogen-bond acceptors (Lipinski definition) is 1. The molecule has 1 N–H and O–H groups in total. The van der Waals surface area contributed by atoms with E-state index in [0.29, 0.717) is 0 Å². The average molecular weight is 172 g/mol. The molecule has 1 aromatic carbocycles. The van der Waals surface area contributed by atoms with Crippen LogP contribution < -0.4 is 0 Å². The quantitative estimate of drug-likeness (QED) is 0.723. The Morgan fingerprint density at radius 1 is 1.33 bits per heavy atom. The number of hydrogen-bond donors (Lipinski definition) is 1. The fraction of sp³-hybridized carbons (Fsp3) is 0.333. The SMILES string of the molecule is C[C@@](F)(CO)c1ccc(F)cc1. The van der Waals surface area contributed by atoms with Gasteiger partial charge < -0.3 is 5.11 Å². The molecule has 0 aromatic heterocycles. The van der Waals surface area contributed by atoms with Crippen LogP contribution in [0.4, 0.5) is 8.78 Å². The Balaban J connectivity index is 2.96. The molecule has 0 heterocycles. The van der Waals surface area contributed by atoms with Crippen molar-refractivity contribution in [1.82, 2.24) is 0 Å². The van der Waals surface area contributed by atoms with Crippen molar-refractivity contribution in [2.45, 2.75) is 12.6 Å². The molecule has 0 aliphatic heterocycles. The van der Waals surface area contributed by atoms with Crippen molar-refractivity contribution in [2.24, 2.45) is 0 Å². The highest BCUT2D eigenvalue weighted by Gasteiger charge is 2.24. The predicted octanol–water partition coefficient (Wildman–Crippen LogP) is 2.00. The summed E-state index contributed by atoms with van der Waals surface area (Å²) in [4.78, 5) is 0. The van der Waals surface area contributed by atoms with Gasteiger partial charge in [-0.1, -0.05) is 12.1 Å². The summed E-state index contributed by atoms with van der Waals surface area (Å²) in [5.41, 5.74) is -1.50. The largest absolute Gasteiger partial charge is 0.393 e. The van der Waals surface area contributed by atoms with Crippen LogP contribution in [-0.2, 0) is 5.67 Å². The molecule has 0 saturated heterocycles. The number of benzene rings is 1. The molecule has 0 spiro atoms. The van der Waals surface area contributed by atoms with Crippen LogP contribution in [0.2, 0.25) is 0 Å². The molecule has 1 atom stereocenters. The molecule has 0 saturated carbocycles. The van der Waals surface area contributed by atoms with Gasteiger partial charge in [0, 0.05) is 0 Å². The Kier molecular flexibility index (Phi) is 2.43. The van der Waals surface area contributed by atoms with Gasteiger partial charge in [-0.2, -0.15) is 0 Å². The molecule has 0 amide bonds. The zero-order chi connectivity index (χ0) is 9.19. The number of rotatable bonds is 2. The zero-order valence-electron chi connectivity index (χ0n) is 6.72. The Morgan fingerprint density at radius 3 is 2.25 bits per heavy atom. The van der Waals surface area contributed by atoms with E-state index < -0.39 is 18.1 Å². The third-order valence-electron chi connectivity index (χ3n) is 1.74. The van der Waals surface area contributed by atoms with E-state index in [9.17, 15) is 8.78 Å². The molecule has 12 heavy (non-hydrogen) atoms. The molecule has 1 aromatic rings. The standard InChI is InChI=1S/C9H10F2O/c1-9(11,6-12)7-2-4-8(10)5-3-7/h2-5,12H,6H2,1H3/t9-/m1/s1. The van der Waals surface area contributed by atoms with Crippen molar-refractivity contribution in [3.8, 4) is 0 Å². The van der Waals surface area contributed by atoms with Crippen LogP contribution in [0.25, 0.3) is 0 Å². The molecule has 0 aliphatic carbocycles. The van der Waals surface area contributed by atoms with Crippen LogP contribution in [-0.4, -0.2) is 11.7 Å². The highest BCUT2D eigenvalue weighted by Crippen LogP contribution is 2.24. The molecular weight excluding hydrogens is 162 g/mol. The van der Waals surface area contributed by atoms with Gasteiger partial charge in [0.05, 0.1) is 6.61 Å². The topological polar surface area (TPSA) is 20.2 Å². The summed E-state index contributed by atoms with van der Waals surface area (Å²) in [6, 6.07) is 4.99. The van der Waals surface area contributed by atoms with Gasteiger partial charge in [0.2, 0.25) is 0 Å². The van der Waals surface area contributed by atoms with Crippen LogP contribution in [0.15, 0.2) is 24.3 Å². The van der Waals surface area contributed by atoms with Gasteiger partial charge in [-0.3, -0.25) is 0 Å². The lowest BCUT2D eigenvalue weighted by atomic mass is 9.99. The lowest BCUT2D eigenvalue weighted by Crippen LogP contribution is -2.19. The van der Waals surface area contributed by atoms with Crippen LogP contribution in [0.1, 0.15) is 12.5 Å². The van der Waals surface area contributed by atoms with Gasteiger partial charge in [0.1, 0.15) is 5.82 Å². The van der Waals surface area contributed by atoms with Gasteiger partial charge in [-0.25, -0.2) is 8.78 Å². The van der Waals surface area contributed by atoms with Crippen molar-refractivity contribution in [2.75, 3.05) is 6.61 Å². The summed E-state index contributed by atoms with van der Waals surface area (Å²) in [5, 5.41) is 8.65. The van der Waals surface area contributed by atoms with Gasteiger partial charge >= 0.3 is 0 Å². The second kappa shape index (κ2) is 3.19. The third kappa shape index (κ3) is 1.80. The van der Waals surface area contributed by atoms with E-state index in [1.54, 1.807) is 0 Å². The van der Waals surface area contributed by atoms with Crippen molar-refractivity contribution in [3.05, 3.63) is 35.6 Å². The molecule has 0 unspecified atom stereocenters. The Labute approximate surface area is 69.7 Å². The Hall–Kier alpha value is -0.960. The molecule has 1 nitrogen and oxygen atoms in total. The first-order valence-corrected chi connectivity index (χ1v) is 3.62. The van der Waals surface area contributed by atoms with Crippen LogP contribution in [0.3, 0.4) is 0 Å². The van der Waals surface area contributed by atoms with Gasteiger partial charge in [0.15, 0.2) is 5.67 Å². The van der Waals surface area contributed by atoms with E-state index in [4.69, 9.17) is 5.11 Å². The second-order valence-corrected chi connectivity index (χ2v) is 2.86. The Morgan fingerprint density at radius 2 is 1.83 bits per heavy atom. The zero-order valence-corrected chi connectivity index (χ0v) is 6.72. The summed E-state index contributed by atoms with van der Waals surface area (Å²) in [7, 11) is 0. The van der Waals surface area contributed by atoms with E-state index in [2.05, 4.69) is 0 Å². The van der Waals surface area contributed by atoms with Crippen molar-refractivity contribution in [3.63, 3.8) is 0 Å². The maximum Gasteiger partial charge on any atom is 0.156 e. The number of halogens is 2. The summed E-state index contributed by atoms with van der Waals surface area (Å²) >= 11 is 0. The first-order chi connectivity index (χ1) is 5.56. The normalized spacial score (nSPS) is 15.7. The monoisotopic (exact) mass is 172 g/mol. The maximum atomic E-state index is 13.3. The molecule has 0 bridgehead atoms. The molecule has 0 aliphatic rings. The van der Waals surface area contributed by atoms with Crippen LogP contribution >= 0.6 is 0 Å². The minimum atomic E-state index is -1.78. The van der Waals surface area contributed by atoms with Gasteiger partial charge in [-0.05, 0) is 24.6 Å². The first kappa shape index (κ1) is 9.13. The van der Waals surface area contributed by atoms with Crippen molar-refractivity contribution < 1.29 is 13.9 Å². The molecule has 0 fully saturated rings. The van der Waals surface area contributed by atoms with Gasteiger partial charge in [0.25, 0.3) is 0 Å². The molecule has 3 heteroatoms. The highest BCUT2D eigenvalue weighted by atomic mass is 19.1. The third-order valence-corrected chi connectivity index (χ3v) is 1.74. The maximum absolute atomic E-state index is 13.3. The predicted molar refractivity (Wildman–Crippen MR) is 41.9 cm³/mol. The minimum absolute atomic E-state index is 0.284. The molecule has 1 rings (SSSR count). The number of aliphatic hydroxyl groups excluding tert-OH is 1. The summed E-state index contributed by atoms with van der Waals surface area (Å²) in [6.45, 7) is 0.652. The smallest absolute Gasteiger partial charge is 0.156 e. The minimum Gasteiger partial charge on any atom is -0.393 e. The van der Waals surface area contributed by atoms with E-state index in [1.165, 1.54) is 31.2 Å². The van der Waals surface area contributed by atoms with Crippen molar-refractivity contribution >= 4 is 0 Å². The number of aliphatic hydroxyl groups is 1. The van der Waals surface area contributed by atoms with E-state index in [0.717, 1.165) is 0 Å². The van der Waals surface area contributed by atoms with Gasteiger partial charge in [-0.15, -0.1) is 0 Å².